The van der Waals surface area contributed by atoms with Crippen LogP contribution in [0, 0.1) is 19.7 Å². The zero-order chi connectivity index (χ0) is 21.3. The normalized spacial score (nSPS) is 14.9. The quantitative estimate of drug-likeness (QED) is 0.626. The van der Waals surface area contributed by atoms with Crippen molar-refractivity contribution in [3.05, 3.63) is 81.9 Å². The zero-order valence-corrected chi connectivity index (χ0v) is 17.9. The maximum atomic E-state index is 13.8. The Bertz CT molecular complexity index is 1060. The van der Waals surface area contributed by atoms with Crippen LogP contribution < -0.4 is 0 Å². The van der Waals surface area contributed by atoms with Crippen molar-refractivity contribution in [3.63, 3.8) is 0 Å². The number of rotatable bonds is 4. The maximum Gasteiger partial charge on any atom is 0.254 e. The molecule has 2 heterocycles. The van der Waals surface area contributed by atoms with E-state index in [1.807, 2.05) is 37.3 Å². The first-order valence-electron chi connectivity index (χ1n) is 10.0. The first-order valence-corrected chi connectivity index (χ1v) is 10.4. The highest BCUT2D eigenvalue weighted by Gasteiger charge is 2.24. The lowest BCUT2D eigenvalue weighted by atomic mass is 10.1. The lowest BCUT2D eigenvalue weighted by Crippen LogP contribution is -2.48. The van der Waals surface area contributed by atoms with Gasteiger partial charge in [-0.2, -0.15) is 5.10 Å². The Labute approximate surface area is 180 Å². The van der Waals surface area contributed by atoms with Crippen LogP contribution in [0.25, 0.3) is 5.69 Å². The summed E-state index contributed by atoms with van der Waals surface area (Å²) in [5.74, 6) is -0.473. The minimum atomic E-state index is -0.347. The molecule has 0 bridgehead atoms. The van der Waals surface area contributed by atoms with Crippen LogP contribution in [0.15, 0.2) is 48.5 Å². The smallest absolute Gasteiger partial charge is 0.254 e. The third kappa shape index (κ3) is 4.11. The van der Waals surface area contributed by atoms with E-state index in [1.54, 1.807) is 28.6 Å². The largest absolute Gasteiger partial charge is 0.336 e. The fourth-order valence-corrected chi connectivity index (χ4v) is 4.02. The maximum absolute atomic E-state index is 13.8. The first-order chi connectivity index (χ1) is 14.4. The Hall–Kier alpha value is -2.70. The standard InChI is InChI=1S/C23H24ClFN4O/c1-16-8-9-18(14-21(16)25)23(30)28-12-10-27(11-13-28)15-20-17(2)26-29(22(20)24)19-6-4-3-5-7-19/h3-9,14H,10-13,15H2,1-2H3. The monoisotopic (exact) mass is 426 g/mol. The van der Waals surface area contributed by atoms with Crippen molar-refractivity contribution >= 4 is 17.5 Å². The summed E-state index contributed by atoms with van der Waals surface area (Å²) < 4.78 is 15.6. The summed E-state index contributed by atoms with van der Waals surface area (Å²) in [6, 6.07) is 14.5. The number of nitrogens with zero attached hydrogens (tertiary/aromatic N) is 4. The van der Waals surface area contributed by atoms with Crippen molar-refractivity contribution in [2.24, 2.45) is 0 Å². The Morgan fingerprint density at radius 1 is 1.07 bits per heavy atom. The molecule has 1 fully saturated rings. The first kappa shape index (κ1) is 20.6. The summed E-state index contributed by atoms with van der Waals surface area (Å²) in [7, 11) is 0. The molecule has 4 rings (SSSR count). The second kappa shape index (κ2) is 8.58. The van der Waals surface area contributed by atoms with Gasteiger partial charge in [0.05, 0.1) is 11.4 Å². The number of hydrogen-bond acceptors (Lipinski definition) is 3. The third-order valence-corrected chi connectivity index (χ3v) is 5.97. The molecule has 1 amide bonds. The van der Waals surface area contributed by atoms with Gasteiger partial charge in [-0.25, -0.2) is 9.07 Å². The molecule has 1 aliphatic rings. The molecule has 1 aromatic heterocycles. The van der Waals surface area contributed by atoms with Gasteiger partial charge in [0.2, 0.25) is 0 Å². The van der Waals surface area contributed by atoms with Crippen LogP contribution in [0.5, 0.6) is 0 Å². The number of halogens is 2. The van der Waals surface area contributed by atoms with E-state index in [2.05, 4.69) is 10.00 Å². The van der Waals surface area contributed by atoms with E-state index in [4.69, 9.17) is 11.6 Å². The Kier molecular flexibility index (Phi) is 5.88. The summed E-state index contributed by atoms with van der Waals surface area (Å²) in [5.41, 5.74) is 3.77. The van der Waals surface area contributed by atoms with Gasteiger partial charge in [0, 0.05) is 43.9 Å². The van der Waals surface area contributed by atoms with E-state index in [-0.39, 0.29) is 11.7 Å². The number of amides is 1. The predicted octanol–water partition coefficient (Wildman–Crippen LogP) is 4.24. The van der Waals surface area contributed by atoms with Gasteiger partial charge in [-0.1, -0.05) is 35.9 Å². The van der Waals surface area contributed by atoms with Crippen molar-refractivity contribution in [3.8, 4) is 5.69 Å². The average molecular weight is 427 g/mol. The summed E-state index contributed by atoms with van der Waals surface area (Å²) in [4.78, 5) is 16.8. The van der Waals surface area contributed by atoms with Gasteiger partial charge in [-0.15, -0.1) is 0 Å². The van der Waals surface area contributed by atoms with Crippen LogP contribution in [0.2, 0.25) is 5.15 Å². The van der Waals surface area contributed by atoms with E-state index in [9.17, 15) is 9.18 Å². The molecule has 0 atom stereocenters. The highest BCUT2D eigenvalue weighted by molar-refractivity contribution is 6.30. The Morgan fingerprint density at radius 3 is 2.43 bits per heavy atom. The van der Waals surface area contributed by atoms with Gasteiger partial charge >= 0.3 is 0 Å². The number of carbonyl (C=O) groups is 1. The topological polar surface area (TPSA) is 41.4 Å². The second-order valence-corrected chi connectivity index (χ2v) is 7.99. The van der Waals surface area contributed by atoms with E-state index in [0.29, 0.717) is 35.9 Å². The van der Waals surface area contributed by atoms with Crippen molar-refractivity contribution in [1.29, 1.82) is 0 Å². The molecule has 1 saturated heterocycles. The van der Waals surface area contributed by atoms with E-state index in [1.165, 1.54) is 6.07 Å². The highest BCUT2D eigenvalue weighted by Crippen LogP contribution is 2.25. The molecule has 0 saturated carbocycles. The molecule has 3 aromatic rings. The van der Waals surface area contributed by atoms with Gasteiger partial charge in [-0.05, 0) is 43.7 Å². The van der Waals surface area contributed by atoms with Crippen LogP contribution >= 0.6 is 11.6 Å². The van der Waals surface area contributed by atoms with Crippen LogP contribution in [0.3, 0.4) is 0 Å². The molecule has 0 aliphatic carbocycles. The van der Waals surface area contributed by atoms with Gasteiger partial charge < -0.3 is 4.90 Å². The van der Waals surface area contributed by atoms with Crippen molar-refractivity contribution in [1.82, 2.24) is 19.6 Å². The van der Waals surface area contributed by atoms with Crippen molar-refractivity contribution in [2.45, 2.75) is 20.4 Å². The van der Waals surface area contributed by atoms with Crippen LogP contribution in [-0.2, 0) is 6.54 Å². The minimum Gasteiger partial charge on any atom is -0.336 e. The van der Waals surface area contributed by atoms with Crippen LogP contribution in [0.4, 0.5) is 4.39 Å². The Morgan fingerprint density at radius 2 is 1.77 bits per heavy atom. The van der Waals surface area contributed by atoms with Crippen molar-refractivity contribution < 1.29 is 9.18 Å². The molecule has 1 aliphatic heterocycles. The zero-order valence-electron chi connectivity index (χ0n) is 17.1. The summed E-state index contributed by atoms with van der Waals surface area (Å²) >= 11 is 6.64. The third-order valence-electron chi connectivity index (χ3n) is 5.58. The number of hydrogen-bond donors (Lipinski definition) is 0. The molecule has 7 heteroatoms. The molecule has 0 unspecified atom stereocenters. The number of aryl methyl sites for hydroxylation is 2. The summed E-state index contributed by atoms with van der Waals surface area (Å²) in [6.45, 7) is 6.98. The fourth-order valence-electron chi connectivity index (χ4n) is 3.69. The van der Waals surface area contributed by atoms with Crippen LogP contribution in [0.1, 0.15) is 27.2 Å². The highest BCUT2D eigenvalue weighted by atomic mass is 35.5. The predicted molar refractivity (Wildman–Crippen MR) is 116 cm³/mol. The van der Waals surface area contributed by atoms with E-state index < -0.39 is 0 Å². The molecule has 156 valence electrons. The Balaban J connectivity index is 1.41. The van der Waals surface area contributed by atoms with Gasteiger partial charge in [0.1, 0.15) is 11.0 Å². The number of piperazine rings is 1. The number of para-hydroxylation sites is 1. The molecule has 0 spiro atoms. The average Bonchev–Trinajstić information content (AvgIpc) is 3.04. The number of aromatic nitrogens is 2. The molecule has 0 N–H and O–H groups in total. The second-order valence-electron chi connectivity index (χ2n) is 7.63. The number of carbonyl (C=O) groups excluding carboxylic acids is 1. The minimum absolute atomic E-state index is 0.125. The van der Waals surface area contributed by atoms with E-state index in [0.717, 1.165) is 30.0 Å². The summed E-state index contributed by atoms with van der Waals surface area (Å²) in [5, 5.41) is 5.22. The molecular formula is C23H24ClFN4O. The molecular weight excluding hydrogens is 403 g/mol. The SMILES string of the molecule is Cc1ccc(C(=O)N2CCN(Cc3c(C)nn(-c4ccccc4)c3Cl)CC2)cc1F. The molecule has 0 radical (unpaired) electrons. The molecule has 2 aromatic carbocycles. The van der Waals surface area contributed by atoms with Crippen molar-refractivity contribution in [2.75, 3.05) is 26.2 Å². The fraction of sp³-hybridized carbons (Fsp3) is 0.304. The summed E-state index contributed by atoms with van der Waals surface area (Å²) in [6.07, 6.45) is 0. The molecule has 30 heavy (non-hydrogen) atoms. The van der Waals surface area contributed by atoms with Gasteiger partial charge in [0.25, 0.3) is 5.91 Å². The van der Waals surface area contributed by atoms with Gasteiger partial charge in [-0.3, -0.25) is 9.69 Å². The lowest BCUT2D eigenvalue weighted by molar-refractivity contribution is 0.0627. The van der Waals surface area contributed by atoms with Crippen LogP contribution in [-0.4, -0.2) is 51.7 Å². The lowest BCUT2D eigenvalue weighted by Gasteiger charge is -2.34. The van der Waals surface area contributed by atoms with E-state index >= 15 is 0 Å². The van der Waals surface area contributed by atoms with Gasteiger partial charge in [0.15, 0.2) is 0 Å². The number of benzene rings is 2. The molecule has 5 nitrogen and oxygen atoms in total.